The van der Waals surface area contributed by atoms with Crippen LogP contribution in [0.1, 0.15) is 91.0 Å². The van der Waals surface area contributed by atoms with E-state index in [-0.39, 0.29) is 24.3 Å². The average molecular weight is 554 g/mol. The smallest absolute Gasteiger partial charge is 0.410 e. The summed E-state index contributed by atoms with van der Waals surface area (Å²) in [6.45, 7) is 12.7. The Morgan fingerprint density at radius 3 is 1.83 bits per heavy atom. The van der Waals surface area contributed by atoms with Crippen LogP contribution >= 0.6 is 15.9 Å². The third kappa shape index (κ3) is 7.71. The van der Waals surface area contributed by atoms with E-state index in [0.29, 0.717) is 0 Å². The molecule has 4 rings (SSSR count). The van der Waals surface area contributed by atoms with Crippen molar-refractivity contribution in [3.8, 4) is 0 Å². The fourth-order valence-electron chi connectivity index (χ4n) is 4.12. The summed E-state index contributed by atoms with van der Waals surface area (Å²) >= 11 is 3.33. The van der Waals surface area contributed by atoms with Gasteiger partial charge in [0.05, 0.1) is 18.3 Å². The number of halogens is 1. The lowest BCUT2D eigenvalue weighted by atomic mass is 10.2. The molecule has 35 heavy (non-hydrogen) atoms. The molecule has 10 nitrogen and oxygen atoms in total. The summed E-state index contributed by atoms with van der Waals surface area (Å²) in [4.78, 5) is 42.3. The molecule has 194 valence electrons. The van der Waals surface area contributed by atoms with Crippen LogP contribution in [0.25, 0.3) is 0 Å². The van der Waals surface area contributed by atoms with E-state index in [4.69, 9.17) is 9.47 Å². The van der Waals surface area contributed by atoms with Crippen LogP contribution in [0.15, 0.2) is 23.2 Å². The lowest BCUT2D eigenvalue weighted by Crippen LogP contribution is -2.36. The minimum atomic E-state index is -0.464. The summed E-state index contributed by atoms with van der Waals surface area (Å²) in [5.41, 5.74) is -0.915. The zero-order chi connectivity index (χ0) is 25.8. The highest BCUT2D eigenvalue weighted by atomic mass is 79.9. The molecule has 2 aliphatic rings. The Morgan fingerprint density at radius 1 is 0.914 bits per heavy atom. The van der Waals surface area contributed by atoms with Gasteiger partial charge in [-0.25, -0.2) is 19.6 Å². The topological polar surface area (TPSA) is 116 Å². The summed E-state index contributed by atoms with van der Waals surface area (Å²) in [6.07, 6.45) is 8.50. The van der Waals surface area contributed by atoms with Crippen LogP contribution in [0.2, 0.25) is 0 Å². The summed E-state index contributed by atoms with van der Waals surface area (Å²) in [5.74, 6) is 1.65. The number of imidazole rings is 2. The second-order valence-electron chi connectivity index (χ2n) is 10.8. The second kappa shape index (κ2) is 11.0. The number of rotatable bonds is 2. The predicted octanol–water partition coefficient (Wildman–Crippen LogP) is 5.73. The molecule has 2 atom stereocenters. The number of ether oxygens (including phenoxy) is 2. The second-order valence-corrected chi connectivity index (χ2v) is 11.6. The highest BCUT2D eigenvalue weighted by Gasteiger charge is 2.35. The maximum absolute atomic E-state index is 12.1. The number of carbonyl (C=O) groups excluding carboxylic acids is 2. The molecule has 0 aliphatic carbocycles. The van der Waals surface area contributed by atoms with Gasteiger partial charge in [0.2, 0.25) is 0 Å². The van der Waals surface area contributed by atoms with Crippen molar-refractivity contribution in [2.24, 2.45) is 0 Å². The van der Waals surface area contributed by atoms with Crippen molar-refractivity contribution in [3.05, 3.63) is 34.8 Å². The third-order valence-corrected chi connectivity index (χ3v) is 5.88. The zero-order valence-electron chi connectivity index (χ0n) is 21.4. The molecule has 2 fully saturated rings. The Labute approximate surface area is 215 Å². The molecule has 2 N–H and O–H groups in total. The number of hydrogen-bond acceptors (Lipinski definition) is 6. The van der Waals surface area contributed by atoms with E-state index in [1.807, 2.05) is 41.5 Å². The van der Waals surface area contributed by atoms with Gasteiger partial charge in [-0.05, 0) is 83.2 Å². The molecule has 0 aromatic carbocycles. The van der Waals surface area contributed by atoms with Crippen molar-refractivity contribution in [1.29, 1.82) is 0 Å². The van der Waals surface area contributed by atoms with E-state index in [0.717, 1.165) is 55.0 Å². The summed E-state index contributed by atoms with van der Waals surface area (Å²) in [6, 6.07) is 0.0194. The number of hydrogen-bond donors (Lipinski definition) is 2. The highest BCUT2D eigenvalue weighted by molar-refractivity contribution is 9.10. The van der Waals surface area contributed by atoms with Gasteiger partial charge in [0, 0.05) is 25.5 Å². The van der Waals surface area contributed by atoms with E-state index in [9.17, 15) is 9.59 Å². The number of carbonyl (C=O) groups is 2. The molecule has 2 saturated heterocycles. The van der Waals surface area contributed by atoms with Crippen LogP contribution in [0, 0.1) is 0 Å². The van der Waals surface area contributed by atoms with Gasteiger partial charge >= 0.3 is 12.2 Å². The lowest BCUT2D eigenvalue weighted by Gasteiger charge is -2.27. The molecule has 11 heteroatoms. The first-order valence-corrected chi connectivity index (χ1v) is 12.8. The molecule has 0 radical (unpaired) electrons. The molecule has 2 aromatic rings. The third-order valence-electron chi connectivity index (χ3n) is 5.48. The van der Waals surface area contributed by atoms with E-state index in [2.05, 4.69) is 35.9 Å². The van der Waals surface area contributed by atoms with Gasteiger partial charge < -0.3 is 19.4 Å². The monoisotopic (exact) mass is 552 g/mol. The molecule has 0 unspecified atom stereocenters. The fraction of sp³-hybridized carbons (Fsp3) is 0.667. The molecule has 2 aliphatic heterocycles. The molecular formula is C24H37BrN6O4. The number of nitrogens with zero attached hydrogens (tertiary/aromatic N) is 4. The molecular weight excluding hydrogens is 516 g/mol. The van der Waals surface area contributed by atoms with Gasteiger partial charge in [-0.1, -0.05) is 0 Å². The number of aromatic nitrogens is 4. The van der Waals surface area contributed by atoms with Crippen LogP contribution in [0.4, 0.5) is 9.59 Å². The van der Waals surface area contributed by atoms with Crippen molar-refractivity contribution >= 4 is 28.1 Å². The largest absolute Gasteiger partial charge is 0.444 e. The van der Waals surface area contributed by atoms with Gasteiger partial charge in [0.15, 0.2) is 0 Å². The quantitative estimate of drug-likeness (QED) is 0.491. The molecule has 0 saturated carbocycles. The van der Waals surface area contributed by atoms with Gasteiger partial charge in [0.1, 0.15) is 27.5 Å². The number of aromatic amines is 2. The normalized spacial score (nSPS) is 20.4. The first kappa shape index (κ1) is 27.0. The lowest BCUT2D eigenvalue weighted by molar-refractivity contribution is 0.0208. The van der Waals surface area contributed by atoms with Crippen molar-refractivity contribution in [2.45, 2.75) is 90.5 Å². The Hall–Kier alpha value is -2.56. The standard InChI is InChI=1S/C12H18BrN3O2.C12H19N3O2/c1-12(2,3)18-11(17)16-6-4-5-8(16)10-14-7-9(13)15-10;1-12(2,3)17-11(16)15-8-4-5-9(15)10-13-6-7-14-10/h7-8H,4-6H2,1-3H3,(H,14,15);6-7,9H,4-5,8H2,1-3H3,(H,13,14)/t8-;9-/m00/s1. The maximum atomic E-state index is 12.1. The summed E-state index contributed by atoms with van der Waals surface area (Å²) in [7, 11) is 0. The van der Waals surface area contributed by atoms with Gasteiger partial charge in [-0.15, -0.1) is 0 Å². The van der Waals surface area contributed by atoms with Crippen LogP contribution in [-0.2, 0) is 9.47 Å². The highest BCUT2D eigenvalue weighted by Crippen LogP contribution is 2.32. The van der Waals surface area contributed by atoms with E-state index < -0.39 is 11.2 Å². The van der Waals surface area contributed by atoms with Crippen molar-refractivity contribution < 1.29 is 19.1 Å². The minimum Gasteiger partial charge on any atom is -0.444 e. The SMILES string of the molecule is CC(C)(C)OC(=O)N1CCC[C@H]1c1ncc(Br)[nH]1.CC(C)(C)OC(=O)N1CCC[C@H]1c1ncc[nH]1. The zero-order valence-corrected chi connectivity index (χ0v) is 23.0. The molecule has 0 spiro atoms. The van der Waals surface area contributed by atoms with Crippen molar-refractivity contribution in [3.63, 3.8) is 0 Å². The van der Waals surface area contributed by atoms with Crippen LogP contribution in [0.5, 0.6) is 0 Å². The Kier molecular flexibility index (Phi) is 8.50. The van der Waals surface area contributed by atoms with Gasteiger partial charge in [0.25, 0.3) is 0 Å². The molecule has 0 bridgehead atoms. The minimum absolute atomic E-state index is 0.00819. The fourth-order valence-corrected chi connectivity index (χ4v) is 4.43. The predicted molar refractivity (Wildman–Crippen MR) is 135 cm³/mol. The summed E-state index contributed by atoms with van der Waals surface area (Å²) in [5, 5.41) is 0. The molecule has 4 heterocycles. The maximum Gasteiger partial charge on any atom is 0.410 e. The number of H-pyrrole nitrogens is 2. The van der Waals surface area contributed by atoms with Crippen LogP contribution in [-0.4, -0.2) is 66.2 Å². The van der Waals surface area contributed by atoms with Crippen molar-refractivity contribution in [2.75, 3.05) is 13.1 Å². The number of likely N-dealkylation sites (tertiary alicyclic amines) is 2. The van der Waals surface area contributed by atoms with Crippen LogP contribution < -0.4 is 0 Å². The summed E-state index contributed by atoms with van der Waals surface area (Å²) < 4.78 is 11.6. The van der Waals surface area contributed by atoms with Gasteiger partial charge in [-0.2, -0.15) is 0 Å². The Bertz CT molecular complexity index is 979. The Morgan fingerprint density at radius 2 is 1.43 bits per heavy atom. The van der Waals surface area contributed by atoms with Gasteiger partial charge in [-0.3, -0.25) is 9.80 Å². The molecule has 2 amide bonds. The first-order chi connectivity index (χ1) is 16.3. The van der Waals surface area contributed by atoms with Crippen LogP contribution in [0.3, 0.4) is 0 Å². The molecule has 2 aromatic heterocycles. The number of nitrogens with one attached hydrogen (secondary N) is 2. The number of amides is 2. The van der Waals surface area contributed by atoms with E-state index >= 15 is 0 Å². The van der Waals surface area contributed by atoms with E-state index in [1.165, 1.54) is 0 Å². The van der Waals surface area contributed by atoms with E-state index in [1.54, 1.807) is 28.4 Å². The first-order valence-electron chi connectivity index (χ1n) is 12.0. The van der Waals surface area contributed by atoms with Crippen molar-refractivity contribution in [1.82, 2.24) is 29.7 Å². The average Bonchev–Trinajstić information content (AvgIpc) is 3.51. The Balaban J connectivity index is 0.000000196.